The van der Waals surface area contributed by atoms with E-state index in [1.54, 1.807) is 0 Å². The molecule has 1 fully saturated rings. The minimum absolute atomic E-state index is 0.847. The summed E-state index contributed by atoms with van der Waals surface area (Å²) in [6.45, 7) is 3.49. The zero-order valence-corrected chi connectivity index (χ0v) is 4.91. The molecule has 0 aromatic carbocycles. The minimum atomic E-state index is 0.847. The number of hydrogen-bond acceptors (Lipinski definition) is 1. The smallest absolute Gasteiger partial charge is 0.00649 e. The van der Waals surface area contributed by atoms with Crippen molar-refractivity contribution in [3.05, 3.63) is 0 Å². The molecule has 1 heterocycles. The van der Waals surface area contributed by atoms with Crippen molar-refractivity contribution in [2.75, 3.05) is 6.54 Å². The van der Waals surface area contributed by atoms with Crippen molar-refractivity contribution in [3.63, 3.8) is 0 Å². The van der Waals surface area contributed by atoms with Crippen LogP contribution in [0.4, 0.5) is 0 Å². The second-order valence-corrected chi connectivity index (χ2v) is 2.20. The molecule has 1 N–H and O–H groups in total. The monoisotopic (exact) mass is 99.1 g/mol. The third-order valence-electron chi connectivity index (χ3n) is 1.66. The van der Waals surface area contributed by atoms with E-state index in [-0.39, 0.29) is 0 Å². The zero-order chi connectivity index (χ0) is 5.11. The van der Waals surface area contributed by atoms with Crippen LogP contribution >= 0.6 is 0 Å². The van der Waals surface area contributed by atoms with Gasteiger partial charge >= 0.3 is 0 Å². The average molecular weight is 99.2 g/mol. The molecule has 0 saturated carbocycles. The van der Waals surface area contributed by atoms with Crippen molar-refractivity contribution in [1.29, 1.82) is 0 Å². The lowest BCUT2D eigenvalue weighted by Gasteiger charge is -2.02. The Labute approximate surface area is 45.1 Å². The summed E-state index contributed by atoms with van der Waals surface area (Å²) in [5.74, 6) is 0. The van der Waals surface area contributed by atoms with E-state index < -0.39 is 0 Å². The molecule has 0 radical (unpaired) electrons. The first-order valence-electron chi connectivity index (χ1n) is 3.17. The van der Waals surface area contributed by atoms with Gasteiger partial charge in [-0.2, -0.15) is 0 Å². The Balaban J connectivity index is 2.14. The quantitative estimate of drug-likeness (QED) is 0.520. The molecule has 1 atom stereocenters. The third-order valence-corrected chi connectivity index (χ3v) is 1.66. The molecular weight excluding hydrogens is 86.1 g/mol. The van der Waals surface area contributed by atoms with Crippen LogP contribution in [0.1, 0.15) is 26.2 Å². The molecule has 42 valence electrons. The van der Waals surface area contributed by atoms with Gasteiger partial charge in [-0.05, 0) is 25.8 Å². The maximum atomic E-state index is 3.41. The fourth-order valence-corrected chi connectivity index (χ4v) is 1.11. The van der Waals surface area contributed by atoms with E-state index in [0.717, 1.165) is 6.04 Å². The van der Waals surface area contributed by atoms with Crippen molar-refractivity contribution >= 4 is 0 Å². The van der Waals surface area contributed by atoms with Crippen LogP contribution in [0.15, 0.2) is 0 Å². The zero-order valence-electron chi connectivity index (χ0n) is 4.91. The van der Waals surface area contributed by atoms with E-state index in [0.29, 0.717) is 0 Å². The summed E-state index contributed by atoms with van der Waals surface area (Å²) in [5.41, 5.74) is 0. The predicted molar refractivity (Wildman–Crippen MR) is 31.3 cm³/mol. The van der Waals surface area contributed by atoms with Gasteiger partial charge in [0.15, 0.2) is 0 Å². The first kappa shape index (κ1) is 5.10. The van der Waals surface area contributed by atoms with Gasteiger partial charge in [-0.25, -0.2) is 0 Å². The molecule has 0 unspecified atom stereocenters. The lowest BCUT2D eigenvalue weighted by molar-refractivity contribution is 0.587. The van der Waals surface area contributed by atoms with Gasteiger partial charge in [-0.3, -0.25) is 0 Å². The molecule has 0 aromatic rings. The molecule has 0 aliphatic carbocycles. The Kier molecular flexibility index (Phi) is 1.69. The van der Waals surface area contributed by atoms with E-state index >= 15 is 0 Å². The molecule has 1 rings (SSSR count). The van der Waals surface area contributed by atoms with Crippen LogP contribution in [0, 0.1) is 0 Å². The van der Waals surface area contributed by atoms with Gasteiger partial charge in [0.05, 0.1) is 0 Å². The molecular formula is C6H13N. The highest BCUT2D eigenvalue weighted by Gasteiger charge is 2.09. The van der Waals surface area contributed by atoms with Gasteiger partial charge in [-0.1, -0.05) is 6.92 Å². The standard InChI is InChI=1S/C6H13N/c1-2-6-4-3-5-7-6/h6-7H,2-5H2,1H3/t6-/m0/s1. The van der Waals surface area contributed by atoms with Crippen LogP contribution in [-0.2, 0) is 0 Å². The molecule has 7 heavy (non-hydrogen) atoms. The highest BCUT2D eigenvalue weighted by Crippen LogP contribution is 2.06. The molecule has 0 spiro atoms. The molecule has 0 aromatic heterocycles. The minimum Gasteiger partial charge on any atom is -0.314 e. The number of rotatable bonds is 1. The van der Waals surface area contributed by atoms with Crippen molar-refractivity contribution in [3.8, 4) is 0 Å². The largest absolute Gasteiger partial charge is 0.314 e. The summed E-state index contributed by atoms with van der Waals surface area (Å²) >= 11 is 0. The fraction of sp³-hybridized carbons (Fsp3) is 1.00. The van der Waals surface area contributed by atoms with Crippen LogP contribution in [0.2, 0.25) is 0 Å². The van der Waals surface area contributed by atoms with Gasteiger partial charge in [0.25, 0.3) is 0 Å². The number of nitrogens with one attached hydrogen (secondary N) is 1. The first-order chi connectivity index (χ1) is 3.43. The maximum absolute atomic E-state index is 3.41. The summed E-state index contributed by atoms with van der Waals surface area (Å²) in [4.78, 5) is 0. The molecule has 1 aliphatic heterocycles. The van der Waals surface area contributed by atoms with E-state index in [2.05, 4.69) is 12.2 Å². The molecule has 0 amide bonds. The van der Waals surface area contributed by atoms with Gasteiger partial charge in [0.1, 0.15) is 0 Å². The summed E-state index contributed by atoms with van der Waals surface area (Å²) < 4.78 is 0. The Bertz CT molecular complexity index is 46.1. The maximum Gasteiger partial charge on any atom is 0.00649 e. The Morgan fingerprint density at radius 1 is 1.71 bits per heavy atom. The molecule has 1 saturated heterocycles. The van der Waals surface area contributed by atoms with Gasteiger partial charge in [0, 0.05) is 6.04 Å². The SMILES string of the molecule is CC[C@H]1CCCN1. The highest BCUT2D eigenvalue weighted by atomic mass is 14.9. The summed E-state index contributed by atoms with van der Waals surface area (Å²) in [7, 11) is 0. The molecule has 1 heteroatoms. The summed E-state index contributed by atoms with van der Waals surface area (Å²) in [5, 5.41) is 3.41. The Hall–Kier alpha value is -0.0400. The van der Waals surface area contributed by atoms with Gasteiger partial charge in [-0.15, -0.1) is 0 Å². The second kappa shape index (κ2) is 2.31. The van der Waals surface area contributed by atoms with Crippen LogP contribution in [0.5, 0.6) is 0 Å². The van der Waals surface area contributed by atoms with Gasteiger partial charge in [0.2, 0.25) is 0 Å². The van der Waals surface area contributed by atoms with Crippen LogP contribution in [0.25, 0.3) is 0 Å². The fourth-order valence-electron chi connectivity index (χ4n) is 1.11. The van der Waals surface area contributed by atoms with Crippen LogP contribution in [-0.4, -0.2) is 12.6 Å². The number of hydrogen-bond donors (Lipinski definition) is 1. The van der Waals surface area contributed by atoms with Crippen LogP contribution in [0.3, 0.4) is 0 Å². The van der Waals surface area contributed by atoms with E-state index in [1.807, 2.05) is 0 Å². The lowest BCUT2D eigenvalue weighted by atomic mass is 10.2. The first-order valence-corrected chi connectivity index (χ1v) is 3.17. The normalized spacial score (nSPS) is 31.3. The summed E-state index contributed by atoms with van der Waals surface area (Å²) in [6.07, 6.45) is 4.09. The molecule has 1 nitrogen and oxygen atoms in total. The third kappa shape index (κ3) is 1.16. The van der Waals surface area contributed by atoms with Crippen LogP contribution < -0.4 is 5.32 Å². The predicted octanol–water partition coefficient (Wildman–Crippen LogP) is 1.15. The van der Waals surface area contributed by atoms with Crippen molar-refractivity contribution in [2.45, 2.75) is 32.2 Å². The van der Waals surface area contributed by atoms with E-state index in [4.69, 9.17) is 0 Å². The average Bonchev–Trinajstić information content (AvgIpc) is 2.14. The Morgan fingerprint density at radius 2 is 2.57 bits per heavy atom. The molecule has 0 bridgehead atoms. The second-order valence-electron chi connectivity index (χ2n) is 2.20. The van der Waals surface area contributed by atoms with Crippen molar-refractivity contribution < 1.29 is 0 Å². The lowest BCUT2D eigenvalue weighted by Crippen LogP contribution is -2.19. The summed E-state index contributed by atoms with van der Waals surface area (Å²) in [6, 6.07) is 0.847. The van der Waals surface area contributed by atoms with Crippen molar-refractivity contribution in [2.24, 2.45) is 0 Å². The van der Waals surface area contributed by atoms with Crippen molar-refractivity contribution in [1.82, 2.24) is 5.32 Å². The van der Waals surface area contributed by atoms with E-state index in [1.165, 1.54) is 25.8 Å². The van der Waals surface area contributed by atoms with Gasteiger partial charge < -0.3 is 5.32 Å². The van der Waals surface area contributed by atoms with E-state index in [9.17, 15) is 0 Å². The highest BCUT2D eigenvalue weighted by molar-refractivity contribution is 4.71. The Morgan fingerprint density at radius 3 is 2.86 bits per heavy atom. The molecule has 1 aliphatic rings. The topological polar surface area (TPSA) is 12.0 Å².